The van der Waals surface area contributed by atoms with Gasteiger partial charge in [0, 0.05) is 18.7 Å². The van der Waals surface area contributed by atoms with Crippen molar-refractivity contribution >= 4 is 5.97 Å². The Balaban J connectivity index is 2.32. The minimum absolute atomic E-state index is 0.183. The first-order valence-corrected chi connectivity index (χ1v) is 5.73. The van der Waals surface area contributed by atoms with E-state index in [9.17, 15) is 4.79 Å². The van der Waals surface area contributed by atoms with E-state index in [0.717, 1.165) is 32.1 Å². The molecule has 0 saturated heterocycles. The van der Waals surface area contributed by atoms with Gasteiger partial charge < -0.3 is 15.5 Å². The molecule has 0 aromatic carbocycles. The van der Waals surface area contributed by atoms with E-state index in [1.807, 2.05) is 6.92 Å². The van der Waals surface area contributed by atoms with E-state index in [4.69, 9.17) is 10.2 Å². The molecule has 1 aliphatic rings. The third kappa shape index (κ3) is 4.18. The molecule has 0 aliphatic heterocycles. The van der Waals surface area contributed by atoms with Crippen LogP contribution in [0, 0.1) is 5.92 Å². The smallest absolute Gasteiger partial charge is 0.306 e. The van der Waals surface area contributed by atoms with Crippen LogP contribution in [0.25, 0.3) is 0 Å². The van der Waals surface area contributed by atoms with Crippen LogP contribution in [-0.2, 0) is 4.79 Å². The van der Waals surface area contributed by atoms with E-state index >= 15 is 0 Å². The lowest BCUT2D eigenvalue weighted by Crippen LogP contribution is -2.41. The van der Waals surface area contributed by atoms with E-state index in [-0.39, 0.29) is 18.6 Å². The number of carboxylic acid groups (broad SMARTS) is 1. The molecule has 0 radical (unpaired) electrons. The number of carboxylic acids is 1. The summed E-state index contributed by atoms with van der Waals surface area (Å²) < 4.78 is 0. The second kappa shape index (κ2) is 6.08. The quantitative estimate of drug-likeness (QED) is 0.639. The zero-order chi connectivity index (χ0) is 11.3. The summed E-state index contributed by atoms with van der Waals surface area (Å²) in [6, 6.07) is 0.578. The fourth-order valence-electron chi connectivity index (χ4n) is 2.24. The Morgan fingerprint density at radius 2 is 2.27 bits per heavy atom. The van der Waals surface area contributed by atoms with Gasteiger partial charge in [-0.25, -0.2) is 0 Å². The average molecular weight is 215 g/mol. The van der Waals surface area contributed by atoms with Crippen LogP contribution in [0.2, 0.25) is 0 Å². The van der Waals surface area contributed by atoms with Gasteiger partial charge in [-0.3, -0.25) is 4.79 Å². The fourth-order valence-corrected chi connectivity index (χ4v) is 2.24. The molecule has 0 heterocycles. The molecule has 0 bridgehead atoms. The first-order valence-electron chi connectivity index (χ1n) is 5.73. The summed E-state index contributed by atoms with van der Waals surface area (Å²) in [4.78, 5) is 10.8. The number of carbonyl (C=O) groups is 1. The Hall–Kier alpha value is -0.610. The minimum atomic E-state index is -0.670. The maximum absolute atomic E-state index is 10.8. The van der Waals surface area contributed by atoms with Crippen molar-refractivity contribution in [2.45, 2.75) is 51.1 Å². The first kappa shape index (κ1) is 12.5. The highest BCUT2D eigenvalue weighted by molar-refractivity contribution is 5.70. The normalized spacial score (nSPS) is 28.7. The molecule has 0 aromatic heterocycles. The zero-order valence-electron chi connectivity index (χ0n) is 9.28. The molecule has 88 valence electrons. The van der Waals surface area contributed by atoms with Crippen molar-refractivity contribution in [1.29, 1.82) is 0 Å². The van der Waals surface area contributed by atoms with Crippen molar-refractivity contribution in [3.8, 4) is 0 Å². The molecule has 3 unspecified atom stereocenters. The number of nitrogens with one attached hydrogen (secondary N) is 1. The molecular formula is C11H21NO3. The second-order valence-corrected chi connectivity index (χ2v) is 4.48. The van der Waals surface area contributed by atoms with Gasteiger partial charge in [0.2, 0.25) is 0 Å². The molecule has 3 N–H and O–H groups in total. The summed E-state index contributed by atoms with van der Waals surface area (Å²) in [6.45, 7) is 2.21. The molecule has 0 aromatic rings. The van der Waals surface area contributed by atoms with Gasteiger partial charge in [0.15, 0.2) is 0 Å². The molecule has 1 fully saturated rings. The molecule has 4 nitrogen and oxygen atoms in total. The highest BCUT2D eigenvalue weighted by Gasteiger charge is 2.27. The first-order chi connectivity index (χ1) is 7.13. The van der Waals surface area contributed by atoms with Crippen molar-refractivity contribution in [1.82, 2.24) is 5.32 Å². The van der Waals surface area contributed by atoms with Crippen LogP contribution in [0.1, 0.15) is 39.0 Å². The van der Waals surface area contributed by atoms with Gasteiger partial charge in [0.05, 0.1) is 5.92 Å². The summed E-state index contributed by atoms with van der Waals surface area (Å²) in [5.41, 5.74) is 0. The van der Waals surface area contributed by atoms with Crippen LogP contribution in [0.5, 0.6) is 0 Å². The standard InChI is InChI=1S/C11H21NO3/c1-8(5-6-13)12-10-4-2-3-9(7-10)11(14)15/h8-10,12-13H,2-7H2,1H3,(H,14,15). The van der Waals surface area contributed by atoms with Crippen LogP contribution in [0.3, 0.4) is 0 Å². The number of aliphatic carboxylic acids is 1. The predicted molar refractivity (Wildman–Crippen MR) is 57.7 cm³/mol. The van der Waals surface area contributed by atoms with Crippen LogP contribution in [-0.4, -0.2) is 34.9 Å². The number of aliphatic hydroxyl groups is 1. The number of hydrogen-bond acceptors (Lipinski definition) is 3. The third-order valence-electron chi connectivity index (χ3n) is 3.11. The number of rotatable bonds is 5. The lowest BCUT2D eigenvalue weighted by Gasteiger charge is -2.29. The molecule has 0 spiro atoms. The topological polar surface area (TPSA) is 69.6 Å². The Bertz CT molecular complexity index is 208. The Morgan fingerprint density at radius 3 is 2.87 bits per heavy atom. The lowest BCUT2D eigenvalue weighted by atomic mass is 9.85. The van der Waals surface area contributed by atoms with E-state index in [2.05, 4.69) is 5.32 Å². The molecule has 1 aliphatic carbocycles. The van der Waals surface area contributed by atoms with Crippen LogP contribution >= 0.6 is 0 Å². The van der Waals surface area contributed by atoms with E-state index in [1.54, 1.807) is 0 Å². The largest absolute Gasteiger partial charge is 0.481 e. The minimum Gasteiger partial charge on any atom is -0.481 e. The molecule has 0 amide bonds. The molecule has 1 rings (SSSR count). The Morgan fingerprint density at radius 1 is 1.53 bits per heavy atom. The van der Waals surface area contributed by atoms with Gasteiger partial charge in [-0.1, -0.05) is 6.42 Å². The maximum Gasteiger partial charge on any atom is 0.306 e. The lowest BCUT2D eigenvalue weighted by molar-refractivity contribution is -0.143. The molecule has 3 atom stereocenters. The monoisotopic (exact) mass is 215 g/mol. The average Bonchev–Trinajstić information content (AvgIpc) is 2.18. The summed E-state index contributed by atoms with van der Waals surface area (Å²) >= 11 is 0. The van der Waals surface area contributed by atoms with Crippen LogP contribution in [0.4, 0.5) is 0 Å². The zero-order valence-corrected chi connectivity index (χ0v) is 9.28. The van der Waals surface area contributed by atoms with E-state index in [0.29, 0.717) is 6.04 Å². The maximum atomic E-state index is 10.8. The third-order valence-corrected chi connectivity index (χ3v) is 3.11. The summed E-state index contributed by atoms with van der Waals surface area (Å²) in [6.07, 6.45) is 4.31. The van der Waals surface area contributed by atoms with Crippen molar-refractivity contribution < 1.29 is 15.0 Å². The van der Waals surface area contributed by atoms with Crippen LogP contribution < -0.4 is 5.32 Å². The van der Waals surface area contributed by atoms with Gasteiger partial charge in [0.1, 0.15) is 0 Å². The van der Waals surface area contributed by atoms with E-state index in [1.165, 1.54) is 0 Å². The molecule has 1 saturated carbocycles. The number of hydrogen-bond donors (Lipinski definition) is 3. The van der Waals surface area contributed by atoms with E-state index < -0.39 is 5.97 Å². The van der Waals surface area contributed by atoms with Crippen molar-refractivity contribution in [2.75, 3.05) is 6.61 Å². The van der Waals surface area contributed by atoms with Crippen LogP contribution in [0.15, 0.2) is 0 Å². The van der Waals surface area contributed by atoms with Crippen molar-refractivity contribution in [2.24, 2.45) is 5.92 Å². The SMILES string of the molecule is CC(CCO)NC1CCCC(C(=O)O)C1. The highest BCUT2D eigenvalue weighted by Crippen LogP contribution is 2.24. The fraction of sp³-hybridized carbons (Fsp3) is 0.909. The summed E-state index contributed by atoms with van der Waals surface area (Å²) in [5, 5.41) is 21.1. The molecular weight excluding hydrogens is 194 g/mol. The number of aliphatic hydroxyl groups excluding tert-OH is 1. The Labute approximate surface area is 90.7 Å². The second-order valence-electron chi connectivity index (χ2n) is 4.48. The van der Waals surface area contributed by atoms with Crippen molar-refractivity contribution in [3.63, 3.8) is 0 Å². The molecule has 15 heavy (non-hydrogen) atoms. The summed E-state index contributed by atoms with van der Waals surface area (Å²) in [7, 11) is 0. The van der Waals surface area contributed by atoms with Crippen molar-refractivity contribution in [3.05, 3.63) is 0 Å². The Kier molecular flexibility index (Phi) is 5.05. The van der Waals surface area contributed by atoms with Gasteiger partial charge in [-0.15, -0.1) is 0 Å². The highest BCUT2D eigenvalue weighted by atomic mass is 16.4. The van der Waals surface area contributed by atoms with Gasteiger partial charge >= 0.3 is 5.97 Å². The predicted octanol–water partition coefficient (Wildman–Crippen LogP) is 0.990. The van der Waals surface area contributed by atoms with Gasteiger partial charge in [0.25, 0.3) is 0 Å². The van der Waals surface area contributed by atoms with Gasteiger partial charge in [-0.05, 0) is 32.6 Å². The summed E-state index contributed by atoms with van der Waals surface area (Å²) in [5.74, 6) is -0.853. The van der Waals surface area contributed by atoms with Gasteiger partial charge in [-0.2, -0.15) is 0 Å². The molecule has 4 heteroatoms.